The van der Waals surface area contributed by atoms with E-state index in [1.807, 2.05) is 19.1 Å². The van der Waals surface area contributed by atoms with Crippen LogP contribution in [0.4, 0.5) is 13.2 Å². The Morgan fingerprint density at radius 1 is 1.29 bits per heavy atom. The predicted octanol–water partition coefficient (Wildman–Crippen LogP) is 4.44. The van der Waals surface area contributed by atoms with Crippen LogP contribution >= 0.6 is 28.3 Å². The molecule has 0 aliphatic carbocycles. The van der Waals surface area contributed by atoms with Crippen LogP contribution in [0.5, 0.6) is 0 Å². The second-order valence-electron chi connectivity index (χ2n) is 6.58. The van der Waals surface area contributed by atoms with Gasteiger partial charge in [0.2, 0.25) is 0 Å². The van der Waals surface area contributed by atoms with Crippen molar-refractivity contribution < 1.29 is 17.9 Å². The summed E-state index contributed by atoms with van der Waals surface area (Å²) in [4.78, 5) is 4.43. The highest BCUT2D eigenvalue weighted by Crippen LogP contribution is 2.34. The molecule has 28 heavy (non-hydrogen) atoms. The zero-order chi connectivity index (χ0) is 19.1. The highest BCUT2D eigenvalue weighted by Gasteiger charge is 2.27. The Labute approximate surface area is 174 Å². The molecule has 4 nitrogen and oxygen atoms in total. The fourth-order valence-corrected chi connectivity index (χ4v) is 3.72. The molecule has 1 fully saturated rings. The van der Waals surface area contributed by atoms with E-state index in [1.54, 1.807) is 10.6 Å². The molecule has 0 saturated carbocycles. The molecule has 0 amide bonds. The van der Waals surface area contributed by atoms with Gasteiger partial charge in [0.05, 0.1) is 34.1 Å². The number of hydrogen-bond donors (Lipinski definition) is 1. The molecule has 1 aromatic carbocycles. The molecule has 1 saturated heterocycles. The number of aryl methyl sites for hydroxylation is 1. The minimum absolute atomic E-state index is 0. The number of ether oxygens (including phenoxy) is 1. The molecular weight excluding hydrogens is 459 g/mol. The first-order valence-corrected chi connectivity index (χ1v) is 9.38. The lowest BCUT2D eigenvalue weighted by Gasteiger charge is -2.24. The van der Waals surface area contributed by atoms with Crippen LogP contribution in [-0.4, -0.2) is 35.2 Å². The lowest BCUT2D eigenvalue weighted by Crippen LogP contribution is -2.39. The minimum atomic E-state index is -1.26. The quantitative estimate of drug-likeness (QED) is 0.449. The average Bonchev–Trinajstić information content (AvgIpc) is 2.98. The van der Waals surface area contributed by atoms with Crippen molar-refractivity contribution in [2.45, 2.75) is 19.4 Å². The summed E-state index contributed by atoms with van der Waals surface area (Å²) in [6, 6.07) is 4.63. The molecule has 0 bridgehead atoms. The first-order valence-electron chi connectivity index (χ1n) is 8.59. The van der Waals surface area contributed by atoms with Gasteiger partial charge in [-0.05, 0) is 46.6 Å². The molecule has 1 aliphatic rings. The summed E-state index contributed by atoms with van der Waals surface area (Å²) in [6.07, 6.45) is 2.03. The highest BCUT2D eigenvalue weighted by atomic mass is 79.9. The van der Waals surface area contributed by atoms with E-state index < -0.39 is 23.0 Å². The van der Waals surface area contributed by atoms with Crippen LogP contribution in [0.3, 0.4) is 0 Å². The van der Waals surface area contributed by atoms with Crippen LogP contribution in [0, 0.1) is 24.4 Å². The van der Waals surface area contributed by atoms with E-state index in [0.717, 1.165) is 18.2 Å². The average molecular weight is 477 g/mol. The van der Waals surface area contributed by atoms with Gasteiger partial charge in [-0.3, -0.25) is 0 Å². The Hall–Kier alpha value is -1.61. The Morgan fingerprint density at radius 3 is 2.79 bits per heavy atom. The molecule has 0 spiro atoms. The summed E-state index contributed by atoms with van der Waals surface area (Å²) in [6.45, 7) is 3.85. The Balaban J connectivity index is 0.00000225. The molecule has 1 N–H and O–H groups in total. The number of rotatable bonds is 3. The standard InChI is InChI=1S/C19H17BrF3N3O.ClH/c1-10-2-4-26-14(7-11-9-24-3-5-27-11)19(25-15(26)6-10)16-13(21)8-12(20)17(22)18(16)23;/h2,4,6,8,11,24H,3,5,7,9H2,1H3;1H. The maximum Gasteiger partial charge on any atom is 0.173 e. The van der Waals surface area contributed by atoms with Gasteiger partial charge < -0.3 is 14.5 Å². The number of aromatic nitrogens is 2. The van der Waals surface area contributed by atoms with Gasteiger partial charge in [-0.2, -0.15) is 0 Å². The molecule has 1 unspecified atom stereocenters. The molecule has 150 valence electrons. The van der Waals surface area contributed by atoms with Gasteiger partial charge in [0.1, 0.15) is 11.5 Å². The van der Waals surface area contributed by atoms with Crippen LogP contribution < -0.4 is 5.32 Å². The van der Waals surface area contributed by atoms with Gasteiger partial charge in [0.25, 0.3) is 0 Å². The predicted molar refractivity (Wildman–Crippen MR) is 107 cm³/mol. The largest absolute Gasteiger partial charge is 0.375 e. The maximum absolute atomic E-state index is 14.6. The van der Waals surface area contributed by atoms with Gasteiger partial charge in [0.15, 0.2) is 11.6 Å². The van der Waals surface area contributed by atoms with Gasteiger partial charge in [-0.25, -0.2) is 18.2 Å². The van der Waals surface area contributed by atoms with Crippen LogP contribution in [0.2, 0.25) is 0 Å². The third-order valence-electron chi connectivity index (χ3n) is 4.66. The number of nitrogens with zero attached hydrogens (tertiary/aromatic N) is 2. The number of imidazole rings is 1. The zero-order valence-electron chi connectivity index (χ0n) is 14.9. The van der Waals surface area contributed by atoms with Crippen LogP contribution in [0.15, 0.2) is 28.9 Å². The number of morpholine rings is 1. The normalized spacial score (nSPS) is 17.0. The lowest BCUT2D eigenvalue weighted by molar-refractivity contribution is 0.0286. The first kappa shape index (κ1) is 21.1. The topological polar surface area (TPSA) is 38.6 Å². The monoisotopic (exact) mass is 475 g/mol. The molecule has 3 aromatic rings. The fourth-order valence-electron chi connectivity index (χ4n) is 3.34. The van der Waals surface area contributed by atoms with Gasteiger partial charge in [-0.1, -0.05) is 0 Å². The van der Waals surface area contributed by atoms with Crippen molar-refractivity contribution in [3.05, 3.63) is 57.6 Å². The maximum atomic E-state index is 14.6. The third kappa shape index (κ3) is 3.78. The second-order valence-corrected chi connectivity index (χ2v) is 7.44. The van der Waals surface area contributed by atoms with Gasteiger partial charge >= 0.3 is 0 Å². The van der Waals surface area contributed by atoms with E-state index in [-0.39, 0.29) is 28.7 Å². The van der Waals surface area contributed by atoms with Crippen molar-refractivity contribution >= 4 is 34.0 Å². The summed E-state index contributed by atoms with van der Waals surface area (Å²) >= 11 is 2.84. The van der Waals surface area contributed by atoms with Crippen LogP contribution in [0.1, 0.15) is 11.3 Å². The lowest BCUT2D eigenvalue weighted by atomic mass is 10.0. The number of hydrogen-bond acceptors (Lipinski definition) is 3. The highest BCUT2D eigenvalue weighted by molar-refractivity contribution is 9.10. The summed E-state index contributed by atoms with van der Waals surface area (Å²) in [5.74, 6) is -3.27. The van der Waals surface area contributed by atoms with Gasteiger partial charge in [-0.15, -0.1) is 12.4 Å². The Kier molecular flexibility index (Phi) is 6.34. The van der Waals surface area contributed by atoms with E-state index in [0.29, 0.717) is 30.9 Å². The number of nitrogens with one attached hydrogen (secondary N) is 1. The molecule has 3 heterocycles. The number of halogens is 5. The summed E-state index contributed by atoms with van der Waals surface area (Å²) < 4.78 is 50.6. The molecule has 4 rings (SSSR count). The molecule has 9 heteroatoms. The molecular formula is C19H18BrClF3N3O. The minimum Gasteiger partial charge on any atom is -0.375 e. The van der Waals surface area contributed by atoms with Crippen LogP contribution in [0.25, 0.3) is 16.9 Å². The number of pyridine rings is 1. The van der Waals surface area contributed by atoms with Crippen molar-refractivity contribution in [2.24, 2.45) is 0 Å². The summed E-state index contributed by atoms with van der Waals surface area (Å²) in [5.41, 5.74) is 1.72. The molecule has 2 aromatic heterocycles. The van der Waals surface area contributed by atoms with Crippen molar-refractivity contribution in [3.8, 4) is 11.3 Å². The Morgan fingerprint density at radius 2 is 2.07 bits per heavy atom. The first-order chi connectivity index (χ1) is 13.0. The fraction of sp³-hybridized carbons (Fsp3) is 0.316. The second kappa shape index (κ2) is 8.41. The number of fused-ring (bicyclic) bond motifs is 1. The number of benzene rings is 1. The summed E-state index contributed by atoms with van der Waals surface area (Å²) in [7, 11) is 0. The molecule has 1 aliphatic heterocycles. The Bertz CT molecular complexity index is 1020. The zero-order valence-corrected chi connectivity index (χ0v) is 17.3. The van der Waals surface area contributed by atoms with E-state index in [2.05, 4.69) is 26.2 Å². The van der Waals surface area contributed by atoms with Gasteiger partial charge in [0, 0.05) is 25.7 Å². The van der Waals surface area contributed by atoms with E-state index >= 15 is 0 Å². The van der Waals surface area contributed by atoms with Crippen molar-refractivity contribution in [3.63, 3.8) is 0 Å². The van der Waals surface area contributed by atoms with E-state index in [4.69, 9.17) is 4.74 Å². The van der Waals surface area contributed by atoms with Crippen molar-refractivity contribution in [2.75, 3.05) is 19.7 Å². The van der Waals surface area contributed by atoms with Crippen LogP contribution in [-0.2, 0) is 11.2 Å². The van der Waals surface area contributed by atoms with E-state index in [9.17, 15) is 13.2 Å². The molecule has 0 radical (unpaired) electrons. The smallest absolute Gasteiger partial charge is 0.173 e. The molecule has 1 atom stereocenters. The van der Waals surface area contributed by atoms with Crippen molar-refractivity contribution in [1.29, 1.82) is 0 Å². The SMILES string of the molecule is Cc1ccn2c(CC3CNCCO3)c(-c3c(F)cc(Br)c(F)c3F)nc2c1.Cl. The third-order valence-corrected chi connectivity index (χ3v) is 5.23. The van der Waals surface area contributed by atoms with E-state index in [1.165, 1.54) is 0 Å². The summed E-state index contributed by atoms with van der Waals surface area (Å²) in [5, 5.41) is 3.23. The van der Waals surface area contributed by atoms with Crippen molar-refractivity contribution in [1.82, 2.24) is 14.7 Å².